The smallest absolute Gasteiger partial charge is 0.161 e. The largest absolute Gasteiger partial charge is 0.486 e. The monoisotopic (exact) mass is 358 g/mol. The van der Waals surface area contributed by atoms with E-state index >= 15 is 0 Å². The molecular weight excluding hydrogens is 339 g/mol. The summed E-state index contributed by atoms with van der Waals surface area (Å²) < 4.78 is 26.4. The van der Waals surface area contributed by atoms with E-state index in [1.54, 1.807) is 6.07 Å². The summed E-state index contributed by atoms with van der Waals surface area (Å²) >= 11 is 0. The summed E-state index contributed by atoms with van der Waals surface area (Å²) in [5.41, 5.74) is 3.48. The molecule has 0 N–H and O–H groups in total. The van der Waals surface area contributed by atoms with Crippen molar-refractivity contribution in [2.24, 2.45) is 0 Å². The molecule has 3 heteroatoms. The standard InChI is InChI=1S/C24H19FO2/c25-21-8-4-3-7-20(21)24(12-11-17-5-1-2-6-18(17)16-24)19-9-10-22-23(15-19)27-14-13-26-22/h1-12,15H,13-14,16H2. The van der Waals surface area contributed by atoms with E-state index in [0.29, 0.717) is 25.2 Å². The number of hydrogen-bond acceptors (Lipinski definition) is 2. The average molecular weight is 358 g/mol. The summed E-state index contributed by atoms with van der Waals surface area (Å²) in [6.07, 6.45) is 4.92. The first-order valence-corrected chi connectivity index (χ1v) is 9.19. The first-order chi connectivity index (χ1) is 13.3. The van der Waals surface area contributed by atoms with E-state index in [4.69, 9.17) is 9.47 Å². The van der Waals surface area contributed by atoms with Gasteiger partial charge < -0.3 is 9.47 Å². The van der Waals surface area contributed by atoms with E-state index in [1.807, 2.05) is 42.5 Å². The van der Waals surface area contributed by atoms with Crippen molar-refractivity contribution in [2.75, 3.05) is 13.2 Å². The third-order valence-electron chi connectivity index (χ3n) is 5.48. The first-order valence-electron chi connectivity index (χ1n) is 9.19. The Labute approximate surface area is 157 Å². The molecule has 5 rings (SSSR count). The molecule has 1 aliphatic carbocycles. The van der Waals surface area contributed by atoms with Gasteiger partial charge in [0.25, 0.3) is 0 Å². The second kappa shape index (κ2) is 6.27. The highest BCUT2D eigenvalue weighted by atomic mass is 19.1. The molecule has 1 unspecified atom stereocenters. The Hall–Kier alpha value is -3.07. The zero-order valence-corrected chi connectivity index (χ0v) is 14.8. The van der Waals surface area contributed by atoms with E-state index in [9.17, 15) is 4.39 Å². The lowest BCUT2D eigenvalue weighted by atomic mass is 9.67. The molecule has 2 nitrogen and oxygen atoms in total. The van der Waals surface area contributed by atoms with Crippen LogP contribution in [0.3, 0.4) is 0 Å². The molecule has 0 bridgehead atoms. The first kappa shape index (κ1) is 16.1. The predicted octanol–water partition coefficient (Wildman–Crippen LogP) is 5.15. The minimum atomic E-state index is -0.588. The van der Waals surface area contributed by atoms with Crippen LogP contribution in [-0.2, 0) is 11.8 Å². The second-order valence-corrected chi connectivity index (χ2v) is 7.02. The van der Waals surface area contributed by atoms with Crippen LogP contribution in [0.25, 0.3) is 6.08 Å². The average Bonchev–Trinajstić information content (AvgIpc) is 2.73. The topological polar surface area (TPSA) is 18.5 Å². The molecule has 0 fully saturated rings. The summed E-state index contributed by atoms with van der Waals surface area (Å²) in [5.74, 6) is 1.27. The fourth-order valence-corrected chi connectivity index (χ4v) is 4.13. The number of benzene rings is 3. The van der Waals surface area contributed by atoms with E-state index in [1.165, 1.54) is 17.2 Å². The van der Waals surface area contributed by atoms with Gasteiger partial charge in [0.15, 0.2) is 11.5 Å². The van der Waals surface area contributed by atoms with Crippen LogP contribution in [0.1, 0.15) is 22.3 Å². The van der Waals surface area contributed by atoms with Gasteiger partial charge >= 0.3 is 0 Å². The van der Waals surface area contributed by atoms with Crippen molar-refractivity contribution in [1.82, 2.24) is 0 Å². The SMILES string of the molecule is Fc1ccccc1C1(c2ccc3c(c2)OCCO3)C=Cc2ccccc2C1. The van der Waals surface area contributed by atoms with Crippen molar-refractivity contribution in [3.63, 3.8) is 0 Å². The van der Waals surface area contributed by atoms with Crippen LogP contribution in [0.15, 0.2) is 72.8 Å². The Balaban J connectivity index is 1.72. The lowest BCUT2D eigenvalue weighted by molar-refractivity contribution is 0.171. The van der Waals surface area contributed by atoms with Gasteiger partial charge in [-0.1, -0.05) is 60.7 Å². The van der Waals surface area contributed by atoms with Crippen molar-refractivity contribution < 1.29 is 13.9 Å². The number of halogens is 1. The molecule has 0 radical (unpaired) electrons. The third-order valence-corrected chi connectivity index (χ3v) is 5.48. The molecule has 0 aromatic heterocycles. The highest BCUT2D eigenvalue weighted by Gasteiger charge is 2.37. The Morgan fingerprint density at radius 1 is 0.815 bits per heavy atom. The van der Waals surface area contributed by atoms with Crippen LogP contribution in [0.4, 0.5) is 4.39 Å². The van der Waals surface area contributed by atoms with Crippen molar-refractivity contribution in [3.8, 4) is 11.5 Å². The minimum Gasteiger partial charge on any atom is -0.486 e. The molecule has 0 saturated heterocycles. The molecule has 0 spiro atoms. The lowest BCUT2D eigenvalue weighted by Crippen LogP contribution is -2.32. The minimum absolute atomic E-state index is 0.198. The molecule has 0 amide bonds. The highest BCUT2D eigenvalue weighted by Crippen LogP contribution is 2.45. The molecule has 1 atom stereocenters. The van der Waals surface area contributed by atoms with Gasteiger partial charge in [-0.25, -0.2) is 4.39 Å². The third kappa shape index (κ3) is 2.62. The molecule has 3 aromatic carbocycles. The second-order valence-electron chi connectivity index (χ2n) is 7.02. The maximum atomic E-state index is 14.9. The van der Waals surface area contributed by atoms with Crippen molar-refractivity contribution in [3.05, 3.63) is 101 Å². The Morgan fingerprint density at radius 3 is 2.48 bits per heavy atom. The van der Waals surface area contributed by atoms with Gasteiger partial charge in [0.1, 0.15) is 19.0 Å². The molecule has 2 aliphatic rings. The fraction of sp³-hybridized carbons (Fsp3) is 0.167. The Morgan fingerprint density at radius 2 is 1.59 bits per heavy atom. The Bertz CT molecular complexity index is 1040. The number of hydrogen-bond donors (Lipinski definition) is 0. The van der Waals surface area contributed by atoms with Crippen LogP contribution < -0.4 is 9.47 Å². The maximum Gasteiger partial charge on any atom is 0.161 e. The molecule has 3 aromatic rings. The van der Waals surface area contributed by atoms with Gasteiger partial charge in [0, 0.05) is 11.0 Å². The van der Waals surface area contributed by atoms with Gasteiger partial charge in [0.05, 0.1) is 0 Å². The van der Waals surface area contributed by atoms with Crippen LogP contribution in [-0.4, -0.2) is 13.2 Å². The molecule has 0 saturated carbocycles. The van der Waals surface area contributed by atoms with E-state index in [2.05, 4.69) is 24.3 Å². The van der Waals surface area contributed by atoms with E-state index < -0.39 is 5.41 Å². The highest BCUT2D eigenvalue weighted by molar-refractivity contribution is 5.65. The van der Waals surface area contributed by atoms with Gasteiger partial charge in [-0.15, -0.1) is 0 Å². The predicted molar refractivity (Wildman–Crippen MR) is 104 cm³/mol. The molecule has 27 heavy (non-hydrogen) atoms. The molecule has 1 heterocycles. The van der Waals surface area contributed by atoms with Crippen molar-refractivity contribution in [1.29, 1.82) is 0 Å². The quantitative estimate of drug-likeness (QED) is 0.630. The Kier molecular flexibility index (Phi) is 3.75. The number of rotatable bonds is 2. The lowest BCUT2D eigenvalue weighted by Gasteiger charge is -2.36. The van der Waals surface area contributed by atoms with Crippen LogP contribution in [0.2, 0.25) is 0 Å². The van der Waals surface area contributed by atoms with E-state index in [-0.39, 0.29) is 5.82 Å². The zero-order valence-electron chi connectivity index (χ0n) is 14.8. The summed E-state index contributed by atoms with van der Waals surface area (Å²) in [7, 11) is 0. The van der Waals surface area contributed by atoms with Gasteiger partial charge in [-0.2, -0.15) is 0 Å². The number of fused-ring (bicyclic) bond motifs is 2. The summed E-state index contributed by atoms with van der Waals surface area (Å²) in [6.45, 7) is 1.08. The molecular formula is C24H19FO2. The molecule has 134 valence electrons. The van der Waals surface area contributed by atoms with Crippen molar-refractivity contribution in [2.45, 2.75) is 11.8 Å². The summed E-state index contributed by atoms with van der Waals surface area (Å²) in [4.78, 5) is 0. The maximum absolute atomic E-state index is 14.9. The van der Waals surface area contributed by atoms with Crippen LogP contribution >= 0.6 is 0 Å². The molecule has 1 aliphatic heterocycles. The summed E-state index contributed by atoms with van der Waals surface area (Å²) in [6, 6.07) is 21.3. The van der Waals surface area contributed by atoms with Gasteiger partial charge in [-0.05, 0) is 41.3 Å². The van der Waals surface area contributed by atoms with Crippen LogP contribution in [0.5, 0.6) is 11.5 Å². The number of ether oxygens (including phenoxy) is 2. The van der Waals surface area contributed by atoms with E-state index in [0.717, 1.165) is 17.1 Å². The van der Waals surface area contributed by atoms with Gasteiger partial charge in [0.2, 0.25) is 0 Å². The van der Waals surface area contributed by atoms with Crippen LogP contribution in [0, 0.1) is 5.82 Å². The zero-order chi connectivity index (χ0) is 18.3. The fourth-order valence-electron chi connectivity index (χ4n) is 4.13. The van der Waals surface area contributed by atoms with Crippen molar-refractivity contribution >= 4 is 6.08 Å². The summed E-state index contributed by atoms with van der Waals surface area (Å²) in [5, 5.41) is 0. The normalized spacial score (nSPS) is 20.2. The number of allylic oxidation sites excluding steroid dienone is 1. The van der Waals surface area contributed by atoms with Gasteiger partial charge in [-0.3, -0.25) is 0 Å².